The van der Waals surface area contributed by atoms with Gasteiger partial charge >= 0.3 is 0 Å². The Kier molecular flexibility index (Phi) is 6.64. The van der Waals surface area contributed by atoms with Crippen molar-refractivity contribution in [1.29, 1.82) is 0 Å². The maximum Gasteiger partial charge on any atom is 0.255 e. The third-order valence-corrected chi connectivity index (χ3v) is 5.40. The van der Waals surface area contributed by atoms with Crippen molar-refractivity contribution in [3.8, 4) is 22.9 Å². The summed E-state index contributed by atoms with van der Waals surface area (Å²) in [5.74, 6) is -0.644. The molecule has 4 rings (SSSR count). The molecule has 8 nitrogen and oxygen atoms in total. The highest BCUT2D eigenvalue weighted by atomic mass is 16.5. The van der Waals surface area contributed by atoms with Gasteiger partial charge in [0.2, 0.25) is 0 Å². The zero-order chi connectivity index (χ0) is 24.9. The van der Waals surface area contributed by atoms with Crippen molar-refractivity contribution >= 4 is 17.4 Å². The lowest BCUT2D eigenvalue weighted by molar-refractivity contribution is 0.101. The molecule has 0 atom stereocenters. The van der Waals surface area contributed by atoms with Crippen molar-refractivity contribution in [3.63, 3.8) is 0 Å². The van der Waals surface area contributed by atoms with Gasteiger partial charge in [0.1, 0.15) is 17.2 Å². The number of amides is 1. The molecule has 0 radical (unpaired) electrons. The molecule has 1 aromatic heterocycles. The molecule has 0 aliphatic carbocycles. The van der Waals surface area contributed by atoms with Crippen LogP contribution in [0.1, 0.15) is 26.3 Å². The maximum absolute atomic E-state index is 13.3. The molecule has 1 heterocycles. The van der Waals surface area contributed by atoms with Crippen LogP contribution < -0.4 is 20.3 Å². The van der Waals surface area contributed by atoms with Gasteiger partial charge in [0.25, 0.3) is 11.5 Å². The van der Waals surface area contributed by atoms with Crippen LogP contribution in [0.5, 0.6) is 17.2 Å². The Labute approximate surface area is 201 Å². The summed E-state index contributed by atoms with van der Waals surface area (Å²) in [6.45, 7) is 0. The Balaban J connectivity index is 1.71. The summed E-state index contributed by atoms with van der Waals surface area (Å²) in [5.41, 5.74) is 0.657. The number of nitrogens with one attached hydrogen (secondary N) is 1. The minimum absolute atomic E-state index is 0.0318. The van der Waals surface area contributed by atoms with E-state index >= 15 is 0 Å². The average Bonchev–Trinajstić information content (AvgIpc) is 2.90. The molecule has 0 spiro atoms. The van der Waals surface area contributed by atoms with Gasteiger partial charge in [0.05, 0.1) is 19.8 Å². The van der Waals surface area contributed by atoms with Crippen LogP contribution in [-0.4, -0.2) is 35.6 Å². The van der Waals surface area contributed by atoms with E-state index in [1.54, 1.807) is 61.7 Å². The predicted molar refractivity (Wildman–Crippen MR) is 131 cm³/mol. The second-order valence-corrected chi connectivity index (χ2v) is 7.51. The number of phenols is 1. The fraction of sp³-hybridized carbons (Fsp3) is 0.0741. The second-order valence-electron chi connectivity index (χ2n) is 7.51. The number of ketones is 1. The fourth-order valence-corrected chi connectivity index (χ4v) is 3.54. The van der Waals surface area contributed by atoms with Gasteiger partial charge in [-0.3, -0.25) is 19.0 Å². The van der Waals surface area contributed by atoms with Crippen LogP contribution in [0, 0.1) is 0 Å². The van der Waals surface area contributed by atoms with Crippen LogP contribution >= 0.6 is 0 Å². The normalized spacial score (nSPS) is 10.5. The molecule has 0 saturated heterocycles. The first-order valence-corrected chi connectivity index (χ1v) is 10.6. The smallest absolute Gasteiger partial charge is 0.255 e. The highest BCUT2D eigenvalue weighted by Crippen LogP contribution is 2.38. The van der Waals surface area contributed by atoms with E-state index in [4.69, 9.17) is 9.47 Å². The van der Waals surface area contributed by atoms with E-state index < -0.39 is 17.4 Å². The minimum Gasteiger partial charge on any atom is -0.505 e. The first-order valence-electron chi connectivity index (χ1n) is 10.6. The summed E-state index contributed by atoms with van der Waals surface area (Å²) in [6, 6.07) is 20.8. The molecule has 0 fully saturated rings. The van der Waals surface area contributed by atoms with E-state index in [-0.39, 0.29) is 28.1 Å². The van der Waals surface area contributed by atoms with Gasteiger partial charge in [0.15, 0.2) is 11.5 Å². The number of pyridine rings is 1. The van der Waals surface area contributed by atoms with E-state index in [0.717, 1.165) is 0 Å². The Bertz CT molecular complexity index is 1440. The lowest BCUT2D eigenvalue weighted by Gasteiger charge is -2.15. The van der Waals surface area contributed by atoms with E-state index in [9.17, 15) is 19.5 Å². The Hall–Kier alpha value is -4.85. The number of anilines is 1. The van der Waals surface area contributed by atoms with Gasteiger partial charge in [-0.2, -0.15) is 0 Å². The Morgan fingerprint density at radius 1 is 0.829 bits per heavy atom. The van der Waals surface area contributed by atoms with Crippen LogP contribution in [0.3, 0.4) is 0 Å². The van der Waals surface area contributed by atoms with Crippen molar-refractivity contribution < 1.29 is 24.2 Å². The van der Waals surface area contributed by atoms with E-state index in [2.05, 4.69) is 5.32 Å². The highest BCUT2D eigenvalue weighted by molar-refractivity contribution is 6.13. The first kappa shape index (κ1) is 23.3. The molecule has 8 heteroatoms. The van der Waals surface area contributed by atoms with Crippen LogP contribution in [0.4, 0.5) is 5.69 Å². The number of nitrogens with zero attached hydrogens (tertiary/aromatic N) is 1. The summed E-state index contributed by atoms with van der Waals surface area (Å²) in [7, 11) is 2.93. The molecule has 0 bridgehead atoms. The van der Waals surface area contributed by atoms with E-state index in [1.165, 1.54) is 42.1 Å². The number of carbonyl (C=O) groups is 2. The number of ether oxygens (including phenoxy) is 2. The van der Waals surface area contributed by atoms with Gasteiger partial charge in [-0.15, -0.1) is 0 Å². The van der Waals surface area contributed by atoms with Crippen LogP contribution in [0.15, 0.2) is 89.9 Å². The zero-order valence-electron chi connectivity index (χ0n) is 19.0. The number of hydrogen-bond acceptors (Lipinski definition) is 6. The standard InChI is InChI=1S/C27H22N2O6/c1-34-20-11-9-19(10-12-20)29-16-18(8-15-23(29)30)25(31)21-13-14-22(35-2)24(26(21)32)28-27(33)17-6-4-3-5-7-17/h3-16,32H,1-2H3,(H,28,33). The van der Waals surface area contributed by atoms with Gasteiger partial charge in [-0.05, 0) is 54.6 Å². The lowest BCUT2D eigenvalue weighted by Crippen LogP contribution is -2.19. The van der Waals surface area contributed by atoms with Crippen LogP contribution in [0.2, 0.25) is 0 Å². The van der Waals surface area contributed by atoms with Crippen LogP contribution in [0.25, 0.3) is 5.69 Å². The molecule has 176 valence electrons. The largest absolute Gasteiger partial charge is 0.505 e. The molecule has 35 heavy (non-hydrogen) atoms. The van der Waals surface area contributed by atoms with Gasteiger partial charge in [-0.1, -0.05) is 18.2 Å². The third-order valence-electron chi connectivity index (χ3n) is 5.40. The van der Waals surface area contributed by atoms with Crippen molar-refractivity contribution in [2.24, 2.45) is 0 Å². The SMILES string of the molecule is COc1ccc(-n2cc(C(=O)c3ccc(OC)c(NC(=O)c4ccccc4)c3O)ccc2=O)cc1. The first-order chi connectivity index (χ1) is 16.9. The summed E-state index contributed by atoms with van der Waals surface area (Å²) >= 11 is 0. The summed E-state index contributed by atoms with van der Waals surface area (Å²) in [5, 5.41) is 13.5. The third kappa shape index (κ3) is 4.77. The number of aromatic hydroxyl groups is 1. The Morgan fingerprint density at radius 2 is 1.54 bits per heavy atom. The molecular formula is C27H22N2O6. The fourth-order valence-electron chi connectivity index (χ4n) is 3.54. The van der Waals surface area contributed by atoms with Crippen molar-refractivity contribution in [1.82, 2.24) is 4.57 Å². The number of hydrogen-bond donors (Lipinski definition) is 2. The topological polar surface area (TPSA) is 107 Å². The molecular weight excluding hydrogens is 448 g/mol. The summed E-state index contributed by atoms with van der Waals surface area (Å²) in [4.78, 5) is 38.4. The molecule has 3 aromatic carbocycles. The van der Waals surface area contributed by atoms with Crippen molar-refractivity contribution in [2.45, 2.75) is 0 Å². The van der Waals surface area contributed by atoms with E-state index in [1.807, 2.05) is 0 Å². The molecule has 4 aromatic rings. The lowest BCUT2D eigenvalue weighted by atomic mass is 10.0. The quantitative estimate of drug-likeness (QED) is 0.312. The number of rotatable bonds is 7. The highest BCUT2D eigenvalue weighted by Gasteiger charge is 2.22. The molecule has 1 amide bonds. The summed E-state index contributed by atoms with van der Waals surface area (Å²) < 4.78 is 11.7. The Morgan fingerprint density at radius 3 is 2.20 bits per heavy atom. The average molecular weight is 470 g/mol. The number of benzene rings is 3. The molecule has 2 N–H and O–H groups in total. The number of carbonyl (C=O) groups excluding carboxylic acids is 2. The molecule has 0 unspecified atom stereocenters. The summed E-state index contributed by atoms with van der Waals surface area (Å²) in [6.07, 6.45) is 1.40. The van der Waals surface area contributed by atoms with Crippen LogP contribution in [-0.2, 0) is 0 Å². The predicted octanol–water partition coefficient (Wildman–Crippen LogP) is 4.04. The second kappa shape index (κ2) is 9.96. The van der Waals surface area contributed by atoms with Crippen molar-refractivity contribution in [3.05, 3.63) is 112 Å². The minimum atomic E-state index is -0.539. The molecule has 0 aliphatic rings. The molecule has 0 aliphatic heterocycles. The van der Waals surface area contributed by atoms with Crippen molar-refractivity contribution in [2.75, 3.05) is 19.5 Å². The van der Waals surface area contributed by atoms with Gasteiger partial charge in [-0.25, -0.2) is 0 Å². The monoisotopic (exact) mass is 470 g/mol. The maximum atomic E-state index is 13.3. The number of methoxy groups -OCH3 is 2. The van der Waals surface area contributed by atoms with Gasteiger partial charge in [0, 0.05) is 29.1 Å². The zero-order valence-corrected chi connectivity index (χ0v) is 19.0. The number of phenolic OH excluding ortho intramolecular Hbond substituents is 1. The molecule has 0 saturated carbocycles. The van der Waals surface area contributed by atoms with E-state index in [0.29, 0.717) is 17.0 Å². The van der Waals surface area contributed by atoms with Gasteiger partial charge < -0.3 is 19.9 Å². The number of aromatic nitrogens is 1.